The molecule has 1 aromatic heterocycles. The Morgan fingerprint density at radius 2 is 2.42 bits per heavy atom. The lowest BCUT2D eigenvalue weighted by molar-refractivity contribution is -0.107. The van der Waals surface area contributed by atoms with Crippen molar-refractivity contribution in [2.24, 2.45) is 0 Å². The lowest BCUT2D eigenvalue weighted by Crippen LogP contribution is -2.02. The van der Waals surface area contributed by atoms with Crippen LogP contribution in [-0.2, 0) is 17.8 Å². The van der Waals surface area contributed by atoms with Crippen molar-refractivity contribution < 1.29 is 4.79 Å². The minimum Gasteiger partial charge on any atom is -0.303 e. The van der Waals surface area contributed by atoms with E-state index in [1.165, 1.54) is 0 Å². The standard InChI is InChI=1S/C9H14N2O/c1-3-11-9(5-4-6-12)7-8(2)10-11/h6-7H,3-5H2,1-2H3. The van der Waals surface area contributed by atoms with Crippen LogP contribution >= 0.6 is 0 Å². The molecule has 0 saturated carbocycles. The third kappa shape index (κ3) is 1.94. The van der Waals surface area contributed by atoms with E-state index in [2.05, 4.69) is 12.0 Å². The van der Waals surface area contributed by atoms with Crippen molar-refractivity contribution in [1.82, 2.24) is 9.78 Å². The zero-order chi connectivity index (χ0) is 8.97. The molecule has 0 aliphatic carbocycles. The molecule has 3 heteroatoms. The van der Waals surface area contributed by atoms with Crippen molar-refractivity contribution in [2.75, 3.05) is 0 Å². The van der Waals surface area contributed by atoms with Gasteiger partial charge in [0.05, 0.1) is 5.69 Å². The summed E-state index contributed by atoms with van der Waals surface area (Å²) in [5.41, 5.74) is 2.18. The van der Waals surface area contributed by atoms with E-state index < -0.39 is 0 Å². The average Bonchev–Trinajstić information content (AvgIpc) is 2.42. The summed E-state index contributed by atoms with van der Waals surface area (Å²) in [6.07, 6.45) is 2.34. The number of hydrogen-bond acceptors (Lipinski definition) is 2. The summed E-state index contributed by atoms with van der Waals surface area (Å²) in [5.74, 6) is 0. The lowest BCUT2D eigenvalue weighted by atomic mass is 10.2. The fourth-order valence-electron chi connectivity index (χ4n) is 1.28. The minimum absolute atomic E-state index is 0.588. The molecule has 0 amide bonds. The summed E-state index contributed by atoms with van der Waals surface area (Å²) < 4.78 is 1.94. The summed E-state index contributed by atoms with van der Waals surface area (Å²) in [4.78, 5) is 10.2. The van der Waals surface area contributed by atoms with Gasteiger partial charge in [-0.05, 0) is 26.3 Å². The highest BCUT2D eigenvalue weighted by molar-refractivity contribution is 5.49. The molecule has 3 nitrogen and oxygen atoms in total. The molecule has 0 radical (unpaired) electrons. The fraction of sp³-hybridized carbons (Fsp3) is 0.556. The molecule has 0 N–H and O–H groups in total. The molecule has 0 aliphatic heterocycles. The number of aldehydes is 1. The second-order valence-electron chi connectivity index (χ2n) is 2.80. The maximum Gasteiger partial charge on any atom is 0.120 e. The van der Waals surface area contributed by atoms with Gasteiger partial charge >= 0.3 is 0 Å². The monoisotopic (exact) mass is 166 g/mol. The molecular formula is C9H14N2O. The van der Waals surface area contributed by atoms with Gasteiger partial charge in [-0.3, -0.25) is 4.68 Å². The molecular weight excluding hydrogens is 152 g/mol. The Morgan fingerprint density at radius 1 is 1.67 bits per heavy atom. The molecule has 0 spiro atoms. The van der Waals surface area contributed by atoms with Crippen LogP contribution in [0.4, 0.5) is 0 Å². The van der Waals surface area contributed by atoms with Crippen LogP contribution < -0.4 is 0 Å². The maximum atomic E-state index is 10.2. The van der Waals surface area contributed by atoms with Crippen LogP contribution in [-0.4, -0.2) is 16.1 Å². The molecule has 1 rings (SSSR count). The summed E-state index contributed by atoms with van der Waals surface area (Å²) >= 11 is 0. The lowest BCUT2D eigenvalue weighted by Gasteiger charge is -2.00. The van der Waals surface area contributed by atoms with Crippen molar-refractivity contribution in [3.05, 3.63) is 17.5 Å². The zero-order valence-corrected chi connectivity index (χ0v) is 7.58. The molecule has 0 unspecified atom stereocenters. The topological polar surface area (TPSA) is 34.9 Å². The smallest absolute Gasteiger partial charge is 0.120 e. The van der Waals surface area contributed by atoms with Crippen LogP contribution in [0.25, 0.3) is 0 Å². The number of carbonyl (C=O) groups excluding carboxylic acids is 1. The van der Waals surface area contributed by atoms with E-state index in [4.69, 9.17) is 0 Å². The SMILES string of the molecule is CCn1nc(C)cc1CCC=O. The van der Waals surface area contributed by atoms with Gasteiger partial charge in [0.1, 0.15) is 6.29 Å². The van der Waals surface area contributed by atoms with Crippen molar-refractivity contribution >= 4 is 6.29 Å². The third-order valence-corrected chi connectivity index (χ3v) is 1.80. The number of carbonyl (C=O) groups is 1. The van der Waals surface area contributed by atoms with E-state index in [0.29, 0.717) is 6.42 Å². The number of hydrogen-bond donors (Lipinski definition) is 0. The van der Waals surface area contributed by atoms with Crippen molar-refractivity contribution in [2.45, 2.75) is 33.2 Å². The van der Waals surface area contributed by atoms with E-state index in [0.717, 1.165) is 30.6 Å². The Balaban J connectivity index is 2.74. The average molecular weight is 166 g/mol. The highest BCUT2D eigenvalue weighted by atomic mass is 16.1. The quantitative estimate of drug-likeness (QED) is 0.633. The van der Waals surface area contributed by atoms with Gasteiger partial charge < -0.3 is 4.79 Å². The molecule has 66 valence electrons. The summed E-state index contributed by atoms with van der Waals surface area (Å²) in [5, 5.41) is 4.28. The second kappa shape index (κ2) is 4.04. The Bertz CT molecular complexity index is 265. The first-order chi connectivity index (χ1) is 5.77. The van der Waals surface area contributed by atoms with Crippen LogP contribution in [0, 0.1) is 6.92 Å². The zero-order valence-electron chi connectivity index (χ0n) is 7.58. The van der Waals surface area contributed by atoms with E-state index in [1.54, 1.807) is 0 Å². The van der Waals surface area contributed by atoms with Crippen LogP contribution in [0.1, 0.15) is 24.7 Å². The van der Waals surface area contributed by atoms with Crippen molar-refractivity contribution in [3.63, 3.8) is 0 Å². The Kier molecular flexibility index (Phi) is 3.02. The van der Waals surface area contributed by atoms with Gasteiger partial charge in [-0.2, -0.15) is 5.10 Å². The Morgan fingerprint density at radius 3 is 3.00 bits per heavy atom. The molecule has 0 atom stereocenters. The van der Waals surface area contributed by atoms with Gasteiger partial charge in [0.2, 0.25) is 0 Å². The normalized spacial score (nSPS) is 10.2. The summed E-state index contributed by atoms with van der Waals surface area (Å²) in [6, 6.07) is 2.03. The van der Waals surface area contributed by atoms with E-state index in [-0.39, 0.29) is 0 Å². The third-order valence-electron chi connectivity index (χ3n) is 1.80. The predicted octanol–water partition coefficient (Wildman–Crippen LogP) is 1.34. The van der Waals surface area contributed by atoms with Gasteiger partial charge in [-0.1, -0.05) is 0 Å². The number of aryl methyl sites for hydroxylation is 3. The first-order valence-corrected chi connectivity index (χ1v) is 4.25. The fourth-order valence-corrected chi connectivity index (χ4v) is 1.28. The Hall–Kier alpha value is -1.12. The van der Waals surface area contributed by atoms with E-state index in [9.17, 15) is 4.79 Å². The summed E-state index contributed by atoms with van der Waals surface area (Å²) in [6.45, 7) is 4.90. The molecule has 12 heavy (non-hydrogen) atoms. The van der Waals surface area contributed by atoms with E-state index in [1.807, 2.05) is 17.7 Å². The van der Waals surface area contributed by atoms with Gasteiger partial charge in [-0.25, -0.2) is 0 Å². The maximum absolute atomic E-state index is 10.2. The van der Waals surface area contributed by atoms with Crippen molar-refractivity contribution in [1.29, 1.82) is 0 Å². The molecule has 0 saturated heterocycles. The first-order valence-electron chi connectivity index (χ1n) is 4.25. The van der Waals surface area contributed by atoms with Gasteiger partial charge in [0.25, 0.3) is 0 Å². The van der Waals surface area contributed by atoms with Gasteiger partial charge in [-0.15, -0.1) is 0 Å². The van der Waals surface area contributed by atoms with Crippen molar-refractivity contribution in [3.8, 4) is 0 Å². The highest BCUT2D eigenvalue weighted by Gasteiger charge is 2.02. The van der Waals surface area contributed by atoms with Gasteiger partial charge in [0.15, 0.2) is 0 Å². The molecule has 1 heterocycles. The van der Waals surface area contributed by atoms with Gasteiger partial charge in [0, 0.05) is 18.7 Å². The van der Waals surface area contributed by atoms with Crippen LogP contribution in [0.15, 0.2) is 6.07 Å². The molecule has 0 bridgehead atoms. The number of rotatable bonds is 4. The molecule has 0 aromatic carbocycles. The molecule has 1 aromatic rings. The Labute approximate surface area is 72.4 Å². The van der Waals surface area contributed by atoms with Crippen LogP contribution in [0.3, 0.4) is 0 Å². The largest absolute Gasteiger partial charge is 0.303 e. The first kappa shape index (κ1) is 8.97. The molecule has 0 fully saturated rings. The number of nitrogens with zero attached hydrogens (tertiary/aromatic N) is 2. The number of aromatic nitrogens is 2. The van der Waals surface area contributed by atoms with E-state index >= 15 is 0 Å². The van der Waals surface area contributed by atoms with Crippen LogP contribution in [0.2, 0.25) is 0 Å². The summed E-state index contributed by atoms with van der Waals surface area (Å²) in [7, 11) is 0. The van der Waals surface area contributed by atoms with Crippen LogP contribution in [0.5, 0.6) is 0 Å². The molecule has 0 aliphatic rings. The predicted molar refractivity (Wildman–Crippen MR) is 47.0 cm³/mol. The second-order valence-corrected chi connectivity index (χ2v) is 2.80. The highest BCUT2D eigenvalue weighted by Crippen LogP contribution is 2.05. The minimum atomic E-state index is 0.588.